The molecule has 0 radical (unpaired) electrons. The SMILES string of the molecule is CC1=C(CCO)[C@@]2(C)CCCC(C)(C)C2=CC1. The maximum Gasteiger partial charge on any atom is 0.0468 e. The van der Waals surface area contributed by atoms with Gasteiger partial charge in [0.2, 0.25) is 0 Å². The number of hydrogen-bond acceptors (Lipinski definition) is 1. The molecule has 1 nitrogen and oxygen atoms in total. The highest BCUT2D eigenvalue weighted by Gasteiger charge is 2.44. The minimum absolute atomic E-state index is 0.229. The zero-order valence-electron chi connectivity index (χ0n) is 11.8. The van der Waals surface area contributed by atoms with Crippen molar-refractivity contribution in [2.45, 2.75) is 59.8 Å². The van der Waals surface area contributed by atoms with Gasteiger partial charge in [0.25, 0.3) is 0 Å². The van der Waals surface area contributed by atoms with E-state index in [-0.39, 0.29) is 12.0 Å². The van der Waals surface area contributed by atoms with Crippen molar-refractivity contribution in [3.63, 3.8) is 0 Å². The molecular weight excluding hydrogens is 208 g/mol. The first-order valence-electron chi connectivity index (χ1n) is 6.93. The van der Waals surface area contributed by atoms with E-state index >= 15 is 0 Å². The maximum atomic E-state index is 9.32. The molecular formula is C16H26O. The average molecular weight is 234 g/mol. The Morgan fingerprint density at radius 3 is 2.59 bits per heavy atom. The summed E-state index contributed by atoms with van der Waals surface area (Å²) in [4.78, 5) is 0. The first kappa shape index (κ1) is 12.9. The van der Waals surface area contributed by atoms with Gasteiger partial charge in [0.1, 0.15) is 0 Å². The fraction of sp³-hybridized carbons (Fsp3) is 0.750. The maximum absolute atomic E-state index is 9.32. The normalized spacial score (nSPS) is 32.2. The molecule has 2 aliphatic rings. The van der Waals surface area contributed by atoms with Crippen molar-refractivity contribution in [1.82, 2.24) is 0 Å². The van der Waals surface area contributed by atoms with E-state index in [0.717, 1.165) is 12.8 Å². The summed E-state index contributed by atoms with van der Waals surface area (Å²) in [7, 11) is 0. The van der Waals surface area contributed by atoms with E-state index in [9.17, 15) is 5.11 Å². The summed E-state index contributed by atoms with van der Waals surface area (Å²) in [6.07, 6.45) is 8.28. The second kappa shape index (κ2) is 4.28. The first-order valence-corrected chi connectivity index (χ1v) is 6.93. The van der Waals surface area contributed by atoms with E-state index in [4.69, 9.17) is 0 Å². The average Bonchev–Trinajstić information content (AvgIpc) is 2.22. The Hall–Kier alpha value is -0.560. The fourth-order valence-electron chi connectivity index (χ4n) is 4.17. The van der Waals surface area contributed by atoms with Crippen LogP contribution in [-0.2, 0) is 0 Å². The Morgan fingerprint density at radius 2 is 1.94 bits per heavy atom. The van der Waals surface area contributed by atoms with Crippen molar-refractivity contribution in [1.29, 1.82) is 0 Å². The Labute approximate surface area is 106 Å². The third kappa shape index (κ3) is 1.99. The van der Waals surface area contributed by atoms with Crippen LogP contribution in [0, 0.1) is 10.8 Å². The lowest BCUT2D eigenvalue weighted by Gasteiger charge is -2.50. The van der Waals surface area contributed by atoms with Gasteiger partial charge in [0, 0.05) is 12.0 Å². The van der Waals surface area contributed by atoms with Crippen LogP contribution in [0.3, 0.4) is 0 Å². The molecule has 0 spiro atoms. The lowest BCUT2D eigenvalue weighted by molar-refractivity contribution is 0.209. The van der Waals surface area contributed by atoms with Crippen LogP contribution in [0.25, 0.3) is 0 Å². The quantitative estimate of drug-likeness (QED) is 0.709. The summed E-state index contributed by atoms with van der Waals surface area (Å²) >= 11 is 0. The Morgan fingerprint density at radius 1 is 1.24 bits per heavy atom. The summed E-state index contributed by atoms with van der Waals surface area (Å²) in [5.74, 6) is 0. The number of aliphatic hydroxyl groups excluding tert-OH is 1. The second-order valence-electron chi connectivity index (χ2n) is 6.62. The van der Waals surface area contributed by atoms with Crippen LogP contribution in [0.15, 0.2) is 22.8 Å². The molecule has 1 heteroatoms. The molecule has 96 valence electrons. The van der Waals surface area contributed by atoms with Crippen molar-refractivity contribution < 1.29 is 5.11 Å². The molecule has 0 aromatic heterocycles. The van der Waals surface area contributed by atoms with E-state index in [1.165, 1.54) is 30.4 Å². The van der Waals surface area contributed by atoms with Gasteiger partial charge in [-0.3, -0.25) is 0 Å². The van der Waals surface area contributed by atoms with Crippen LogP contribution < -0.4 is 0 Å². The molecule has 0 aromatic rings. The molecule has 2 rings (SSSR count). The topological polar surface area (TPSA) is 20.2 Å². The van der Waals surface area contributed by atoms with Crippen LogP contribution in [0.2, 0.25) is 0 Å². The minimum Gasteiger partial charge on any atom is -0.396 e. The monoisotopic (exact) mass is 234 g/mol. The van der Waals surface area contributed by atoms with Gasteiger partial charge in [-0.1, -0.05) is 50.0 Å². The van der Waals surface area contributed by atoms with Gasteiger partial charge in [-0.05, 0) is 38.0 Å². The smallest absolute Gasteiger partial charge is 0.0468 e. The molecule has 1 fully saturated rings. The van der Waals surface area contributed by atoms with Crippen molar-refractivity contribution in [2.24, 2.45) is 10.8 Å². The summed E-state index contributed by atoms with van der Waals surface area (Å²) < 4.78 is 0. The van der Waals surface area contributed by atoms with Gasteiger partial charge < -0.3 is 5.11 Å². The van der Waals surface area contributed by atoms with Crippen molar-refractivity contribution in [3.05, 3.63) is 22.8 Å². The van der Waals surface area contributed by atoms with Crippen LogP contribution >= 0.6 is 0 Å². The van der Waals surface area contributed by atoms with E-state index in [1.807, 2.05) is 0 Å². The molecule has 1 N–H and O–H groups in total. The first-order chi connectivity index (χ1) is 7.92. The molecule has 0 bridgehead atoms. The number of fused-ring (bicyclic) bond motifs is 1. The Balaban J connectivity index is 2.43. The minimum atomic E-state index is 0.229. The van der Waals surface area contributed by atoms with Crippen molar-refractivity contribution in [3.8, 4) is 0 Å². The van der Waals surface area contributed by atoms with Crippen molar-refractivity contribution >= 4 is 0 Å². The van der Waals surface area contributed by atoms with Gasteiger partial charge in [-0.15, -0.1) is 0 Å². The van der Waals surface area contributed by atoms with E-state index in [0.29, 0.717) is 5.41 Å². The van der Waals surface area contributed by atoms with Crippen molar-refractivity contribution in [2.75, 3.05) is 6.61 Å². The highest BCUT2D eigenvalue weighted by atomic mass is 16.2. The van der Waals surface area contributed by atoms with Crippen LogP contribution in [0.1, 0.15) is 59.8 Å². The molecule has 1 saturated carbocycles. The van der Waals surface area contributed by atoms with Gasteiger partial charge in [0.05, 0.1) is 0 Å². The Kier molecular flexibility index (Phi) is 3.24. The second-order valence-corrected chi connectivity index (χ2v) is 6.62. The molecule has 17 heavy (non-hydrogen) atoms. The lowest BCUT2D eigenvalue weighted by atomic mass is 9.55. The van der Waals surface area contributed by atoms with Gasteiger partial charge in [0.15, 0.2) is 0 Å². The molecule has 0 unspecified atom stereocenters. The summed E-state index contributed by atoms with van der Waals surface area (Å²) in [6.45, 7) is 9.69. The molecule has 0 amide bonds. The highest BCUT2D eigenvalue weighted by Crippen LogP contribution is 2.57. The number of aliphatic hydroxyl groups is 1. The molecule has 2 aliphatic carbocycles. The third-order valence-electron chi connectivity index (χ3n) is 4.96. The van der Waals surface area contributed by atoms with Gasteiger partial charge in [-0.25, -0.2) is 0 Å². The Bertz CT molecular complexity index is 373. The molecule has 0 heterocycles. The van der Waals surface area contributed by atoms with E-state index in [2.05, 4.69) is 33.8 Å². The van der Waals surface area contributed by atoms with Crippen LogP contribution in [0.4, 0.5) is 0 Å². The van der Waals surface area contributed by atoms with Crippen LogP contribution in [0.5, 0.6) is 0 Å². The van der Waals surface area contributed by atoms with Gasteiger partial charge in [-0.2, -0.15) is 0 Å². The number of hydrogen-bond donors (Lipinski definition) is 1. The fourth-order valence-corrected chi connectivity index (χ4v) is 4.17. The zero-order valence-corrected chi connectivity index (χ0v) is 11.8. The summed E-state index contributed by atoms with van der Waals surface area (Å²) in [5, 5.41) is 9.32. The zero-order chi connectivity index (χ0) is 12.7. The predicted octanol–water partition coefficient (Wildman–Crippen LogP) is 4.23. The van der Waals surface area contributed by atoms with E-state index < -0.39 is 0 Å². The largest absolute Gasteiger partial charge is 0.396 e. The van der Waals surface area contributed by atoms with E-state index in [1.54, 1.807) is 5.57 Å². The standard InChI is InChI=1S/C16H26O/c1-12-6-7-14-15(2,3)9-5-10-16(14,4)13(12)8-11-17/h7,17H,5-6,8-11H2,1-4H3/t16-/m1/s1. The lowest BCUT2D eigenvalue weighted by Crippen LogP contribution is -2.38. The van der Waals surface area contributed by atoms with Gasteiger partial charge >= 0.3 is 0 Å². The number of allylic oxidation sites excluding steroid dienone is 3. The van der Waals surface area contributed by atoms with Crippen LogP contribution in [-0.4, -0.2) is 11.7 Å². The number of rotatable bonds is 2. The molecule has 1 atom stereocenters. The highest BCUT2D eigenvalue weighted by molar-refractivity contribution is 5.41. The molecule has 0 aromatic carbocycles. The third-order valence-corrected chi connectivity index (χ3v) is 4.96. The molecule has 0 aliphatic heterocycles. The summed E-state index contributed by atoms with van der Waals surface area (Å²) in [6, 6.07) is 0. The molecule has 0 saturated heterocycles. The predicted molar refractivity (Wildman–Crippen MR) is 72.8 cm³/mol. The summed E-state index contributed by atoms with van der Waals surface area (Å²) in [5.41, 5.74) is 5.21.